The molecule has 11 heteroatoms. The van der Waals surface area contributed by atoms with Crippen molar-refractivity contribution in [2.75, 3.05) is 5.32 Å². The number of nitrogens with one attached hydrogen (secondary N) is 2. The van der Waals surface area contributed by atoms with Crippen molar-refractivity contribution >= 4 is 69.9 Å². The second kappa shape index (κ2) is 9.27. The number of nitro groups is 1. The van der Waals surface area contributed by atoms with Gasteiger partial charge in [-0.15, -0.1) is 0 Å². The van der Waals surface area contributed by atoms with Crippen LogP contribution in [0.1, 0.15) is 15.9 Å². The number of nitrogens with zero attached hydrogens (tertiary/aromatic N) is 1. The van der Waals surface area contributed by atoms with Crippen LogP contribution in [-0.2, 0) is 4.79 Å². The number of carboxylic acid groups (broad SMARTS) is 1. The molecule has 0 atom stereocenters. The molecule has 2 rings (SSSR count). The molecule has 0 fully saturated rings. The third-order valence-corrected chi connectivity index (χ3v) is 4.13. The summed E-state index contributed by atoms with van der Waals surface area (Å²) in [4.78, 5) is 33.1. The number of carbonyl (C=O) groups is 2. The molecule has 144 valence electrons. The minimum atomic E-state index is -1.39. The molecule has 1 amide bonds. The Hall–Kier alpha value is -3.01. The van der Waals surface area contributed by atoms with Crippen LogP contribution in [0.15, 0.2) is 42.5 Å². The number of thiocarbonyl (C=S) groups is 1. The van der Waals surface area contributed by atoms with E-state index in [2.05, 4.69) is 10.6 Å². The van der Waals surface area contributed by atoms with E-state index >= 15 is 0 Å². The summed E-state index contributed by atoms with van der Waals surface area (Å²) in [7, 11) is 0. The minimum Gasteiger partial charge on any atom is -0.545 e. The molecule has 0 aliphatic rings. The molecule has 0 aromatic heterocycles. The van der Waals surface area contributed by atoms with Crippen molar-refractivity contribution < 1.29 is 19.6 Å². The Labute approximate surface area is 173 Å². The first-order valence-electron chi connectivity index (χ1n) is 7.42. The molecule has 0 heterocycles. The molecular weight excluding hydrogens is 429 g/mol. The van der Waals surface area contributed by atoms with E-state index in [1.165, 1.54) is 42.5 Å². The fourth-order valence-corrected chi connectivity index (χ4v) is 2.56. The predicted octanol–water partition coefficient (Wildman–Crippen LogP) is 2.79. The Bertz CT molecular complexity index is 1010. The summed E-state index contributed by atoms with van der Waals surface area (Å²) in [6.45, 7) is 0. The van der Waals surface area contributed by atoms with Gasteiger partial charge in [-0.25, -0.2) is 0 Å². The number of hydrogen-bond donors (Lipinski definition) is 2. The smallest absolute Gasteiger partial charge is 0.288 e. The van der Waals surface area contributed by atoms with E-state index in [-0.39, 0.29) is 32.1 Å². The number of nitro benzene ring substituents is 1. The Morgan fingerprint density at radius 1 is 1.11 bits per heavy atom. The molecule has 2 aromatic rings. The number of rotatable bonds is 5. The first-order valence-corrected chi connectivity index (χ1v) is 8.58. The SMILES string of the molecule is O=C(/C=C/c1ccc(Cl)c([N+](=O)[O-])c1)NC(=S)Nc1cc(C(=O)[O-])ccc1Cl. The highest BCUT2D eigenvalue weighted by Crippen LogP contribution is 2.25. The zero-order valence-corrected chi connectivity index (χ0v) is 16.1. The predicted molar refractivity (Wildman–Crippen MR) is 107 cm³/mol. The average Bonchev–Trinajstić information content (AvgIpc) is 2.62. The van der Waals surface area contributed by atoms with E-state index in [1.54, 1.807) is 0 Å². The Morgan fingerprint density at radius 3 is 2.43 bits per heavy atom. The van der Waals surface area contributed by atoms with E-state index in [0.717, 1.165) is 6.08 Å². The van der Waals surface area contributed by atoms with E-state index in [1.807, 2.05) is 0 Å². The van der Waals surface area contributed by atoms with E-state index in [4.69, 9.17) is 35.4 Å². The zero-order valence-electron chi connectivity index (χ0n) is 13.8. The number of benzene rings is 2. The van der Waals surface area contributed by atoms with Crippen LogP contribution in [0.5, 0.6) is 0 Å². The van der Waals surface area contributed by atoms with Gasteiger partial charge < -0.3 is 15.2 Å². The van der Waals surface area contributed by atoms with Crippen molar-refractivity contribution in [1.82, 2.24) is 5.32 Å². The Morgan fingerprint density at radius 2 is 1.79 bits per heavy atom. The molecule has 8 nitrogen and oxygen atoms in total. The highest BCUT2D eigenvalue weighted by Gasteiger charge is 2.12. The fourth-order valence-electron chi connectivity index (χ4n) is 2.00. The maximum absolute atomic E-state index is 11.9. The van der Waals surface area contributed by atoms with Crippen molar-refractivity contribution in [3.63, 3.8) is 0 Å². The molecule has 2 aromatic carbocycles. The summed E-state index contributed by atoms with van der Waals surface area (Å²) in [6.07, 6.45) is 2.45. The largest absolute Gasteiger partial charge is 0.545 e. The summed E-state index contributed by atoms with van der Waals surface area (Å²) in [5, 5.41) is 26.7. The molecule has 0 bridgehead atoms. The van der Waals surface area contributed by atoms with Gasteiger partial charge in [-0.2, -0.15) is 0 Å². The third-order valence-electron chi connectivity index (χ3n) is 3.28. The molecule has 0 saturated heterocycles. The number of carbonyl (C=O) groups excluding carboxylic acids is 2. The van der Waals surface area contributed by atoms with E-state index in [9.17, 15) is 24.8 Å². The van der Waals surface area contributed by atoms with E-state index in [0.29, 0.717) is 5.56 Å². The van der Waals surface area contributed by atoms with Gasteiger partial charge in [-0.1, -0.05) is 35.3 Å². The van der Waals surface area contributed by atoms with E-state index < -0.39 is 16.8 Å². The van der Waals surface area contributed by atoms with Crippen LogP contribution in [0.3, 0.4) is 0 Å². The molecule has 2 N–H and O–H groups in total. The van der Waals surface area contributed by atoms with Crippen molar-refractivity contribution in [1.29, 1.82) is 0 Å². The Balaban J connectivity index is 2.03. The summed E-state index contributed by atoms with van der Waals surface area (Å²) >= 11 is 16.6. The summed E-state index contributed by atoms with van der Waals surface area (Å²) < 4.78 is 0. The summed E-state index contributed by atoms with van der Waals surface area (Å²) in [5.74, 6) is -2.02. The van der Waals surface area contributed by atoms with Crippen molar-refractivity contribution in [2.45, 2.75) is 0 Å². The summed E-state index contributed by atoms with van der Waals surface area (Å²) in [5.41, 5.74) is 0.148. The monoisotopic (exact) mass is 438 g/mol. The van der Waals surface area contributed by atoms with Gasteiger partial charge in [0.25, 0.3) is 5.69 Å². The average molecular weight is 439 g/mol. The first-order chi connectivity index (χ1) is 13.2. The van der Waals surface area contributed by atoms with Gasteiger partial charge in [0.1, 0.15) is 5.02 Å². The molecule has 0 aliphatic heterocycles. The third kappa shape index (κ3) is 5.74. The molecule has 28 heavy (non-hydrogen) atoms. The van der Waals surface area contributed by atoms with Gasteiger partial charge in [0.15, 0.2) is 5.11 Å². The standard InChI is InChI=1S/C17H11Cl2N3O5S/c18-11-5-3-10(16(24)25)8-13(11)20-17(28)21-15(23)6-2-9-1-4-12(19)14(7-9)22(26)27/h1-8H,(H,24,25)(H2,20,21,23,28)/p-1/b6-2+. The second-order valence-electron chi connectivity index (χ2n) is 5.23. The highest BCUT2D eigenvalue weighted by molar-refractivity contribution is 7.80. The van der Waals surface area contributed by atoms with Gasteiger partial charge in [-0.3, -0.25) is 20.2 Å². The quantitative estimate of drug-likeness (QED) is 0.318. The lowest BCUT2D eigenvalue weighted by molar-refractivity contribution is -0.384. The maximum Gasteiger partial charge on any atom is 0.288 e. The van der Waals surface area contributed by atoms with Gasteiger partial charge in [0.2, 0.25) is 5.91 Å². The van der Waals surface area contributed by atoms with Crippen molar-refractivity contribution in [3.8, 4) is 0 Å². The zero-order chi connectivity index (χ0) is 20.8. The normalized spacial score (nSPS) is 10.5. The fraction of sp³-hybridized carbons (Fsp3) is 0. The topological polar surface area (TPSA) is 124 Å². The maximum atomic E-state index is 11.9. The molecular formula is C17H10Cl2N3O5S-. The molecule has 0 aliphatic carbocycles. The van der Waals surface area contributed by atoms with Gasteiger partial charge in [-0.05, 0) is 47.6 Å². The van der Waals surface area contributed by atoms with Crippen molar-refractivity contribution in [2.24, 2.45) is 0 Å². The molecule has 0 saturated carbocycles. The summed E-state index contributed by atoms with van der Waals surface area (Å²) in [6, 6.07) is 7.87. The lowest BCUT2D eigenvalue weighted by Gasteiger charge is -2.12. The Kier molecular flexibility index (Phi) is 7.05. The molecule has 0 spiro atoms. The second-order valence-corrected chi connectivity index (χ2v) is 6.45. The lowest BCUT2D eigenvalue weighted by atomic mass is 10.2. The van der Waals surface area contributed by atoms with Gasteiger partial charge in [0, 0.05) is 12.1 Å². The van der Waals surface area contributed by atoms with Crippen LogP contribution in [0, 0.1) is 10.1 Å². The van der Waals surface area contributed by atoms with Gasteiger partial charge >= 0.3 is 0 Å². The number of anilines is 1. The van der Waals surface area contributed by atoms with Gasteiger partial charge in [0.05, 0.1) is 21.6 Å². The number of carboxylic acids is 1. The van der Waals surface area contributed by atoms with Crippen LogP contribution in [0.4, 0.5) is 11.4 Å². The lowest BCUT2D eigenvalue weighted by Crippen LogP contribution is -2.33. The number of hydrogen-bond acceptors (Lipinski definition) is 6. The molecule has 0 unspecified atom stereocenters. The number of halogens is 2. The van der Waals surface area contributed by atoms with Crippen LogP contribution >= 0.6 is 35.4 Å². The van der Waals surface area contributed by atoms with Crippen LogP contribution in [0.25, 0.3) is 6.08 Å². The molecule has 0 radical (unpaired) electrons. The first kappa shape index (κ1) is 21.3. The van der Waals surface area contributed by atoms with Crippen LogP contribution in [0.2, 0.25) is 10.0 Å². The highest BCUT2D eigenvalue weighted by atomic mass is 35.5. The number of aromatic carboxylic acids is 1. The van der Waals surface area contributed by atoms with Crippen LogP contribution < -0.4 is 15.7 Å². The van der Waals surface area contributed by atoms with Crippen molar-refractivity contribution in [3.05, 3.63) is 73.8 Å². The van der Waals surface area contributed by atoms with Crippen LogP contribution in [-0.4, -0.2) is 21.9 Å². The minimum absolute atomic E-state index is 0.0207. The number of amides is 1.